The summed E-state index contributed by atoms with van der Waals surface area (Å²) in [6.45, 7) is 3.04. The minimum Gasteiger partial charge on any atom is -0.411 e. The van der Waals surface area contributed by atoms with E-state index in [-0.39, 0.29) is 35.2 Å². The van der Waals surface area contributed by atoms with Gasteiger partial charge in [0.05, 0.1) is 24.4 Å². The average molecular weight is 379 g/mol. The first-order valence-electron chi connectivity index (χ1n) is 8.70. The van der Waals surface area contributed by atoms with Crippen LogP contribution in [0.15, 0.2) is 24.1 Å². The van der Waals surface area contributed by atoms with Gasteiger partial charge in [-0.3, -0.25) is 9.69 Å². The summed E-state index contributed by atoms with van der Waals surface area (Å²) in [6, 6.07) is 2.25. The number of rotatable bonds is 3. The van der Waals surface area contributed by atoms with E-state index in [1.165, 1.54) is 13.1 Å². The fourth-order valence-corrected chi connectivity index (χ4v) is 3.41. The Balaban J connectivity index is 1.52. The smallest absolute Gasteiger partial charge is 0.411 e. The lowest BCUT2D eigenvalue weighted by Gasteiger charge is -2.32. The van der Waals surface area contributed by atoms with Crippen molar-refractivity contribution >= 4 is 23.4 Å². The Labute approximate surface area is 154 Å². The number of epoxide rings is 1. The number of nitrogens with zero attached hydrogens (tertiary/aromatic N) is 2. The molecular weight excluding hydrogens is 360 g/mol. The molecule has 0 aliphatic carbocycles. The molecule has 3 aliphatic rings. The van der Waals surface area contributed by atoms with Gasteiger partial charge in [0.2, 0.25) is 5.91 Å². The van der Waals surface area contributed by atoms with Crippen molar-refractivity contribution in [1.29, 1.82) is 0 Å². The molecule has 0 radical (unpaired) electrons. The van der Waals surface area contributed by atoms with Crippen LogP contribution < -0.4 is 15.1 Å². The third-order valence-electron chi connectivity index (χ3n) is 5.05. The second-order valence-electron chi connectivity index (χ2n) is 6.98. The van der Waals surface area contributed by atoms with Crippen molar-refractivity contribution < 1.29 is 27.8 Å². The van der Waals surface area contributed by atoms with Crippen LogP contribution in [0.2, 0.25) is 0 Å². The summed E-state index contributed by atoms with van der Waals surface area (Å²) in [4.78, 5) is 25.7. The van der Waals surface area contributed by atoms with Crippen LogP contribution in [0.4, 0.5) is 25.0 Å². The quantitative estimate of drug-likeness (QED) is 0.816. The van der Waals surface area contributed by atoms with E-state index in [1.807, 2.05) is 0 Å². The average Bonchev–Trinajstić information content (AvgIpc) is 3.26. The summed E-state index contributed by atoms with van der Waals surface area (Å²) in [6.07, 6.45) is 1.97. The molecule has 4 rings (SSSR count). The Morgan fingerprint density at radius 3 is 2.44 bits per heavy atom. The lowest BCUT2D eigenvalue weighted by Crippen LogP contribution is -2.38. The van der Waals surface area contributed by atoms with Gasteiger partial charge in [-0.1, -0.05) is 0 Å². The van der Waals surface area contributed by atoms with Gasteiger partial charge in [0, 0.05) is 38.3 Å². The minimum absolute atomic E-state index is 0.0269. The van der Waals surface area contributed by atoms with Gasteiger partial charge >= 0.3 is 6.09 Å². The number of amides is 2. The maximum atomic E-state index is 14.7. The Morgan fingerprint density at radius 2 is 1.89 bits per heavy atom. The molecule has 0 saturated carbocycles. The Bertz CT molecular complexity index is 805. The molecular formula is C18H19F2N3O4. The summed E-state index contributed by atoms with van der Waals surface area (Å²) in [5.41, 5.74) is -0.112. The lowest BCUT2D eigenvalue weighted by molar-refractivity contribution is -0.118. The van der Waals surface area contributed by atoms with E-state index in [0.29, 0.717) is 13.1 Å². The van der Waals surface area contributed by atoms with Gasteiger partial charge < -0.3 is 19.7 Å². The SMILES string of the molecule is CC(=O)N/C=C1/CN(c2cc(F)c(N3CCC4(CC3)CO4)c(F)c2)C(=O)O1. The second kappa shape index (κ2) is 6.49. The highest BCUT2D eigenvalue weighted by molar-refractivity contribution is 5.91. The number of anilines is 2. The van der Waals surface area contributed by atoms with Crippen LogP contribution in [-0.2, 0) is 14.3 Å². The molecule has 0 unspecified atom stereocenters. The highest BCUT2D eigenvalue weighted by Gasteiger charge is 2.47. The second-order valence-corrected chi connectivity index (χ2v) is 6.98. The van der Waals surface area contributed by atoms with Crippen LogP contribution >= 0.6 is 0 Å². The van der Waals surface area contributed by atoms with Crippen LogP contribution in [-0.4, -0.2) is 43.8 Å². The topological polar surface area (TPSA) is 74.4 Å². The van der Waals surface area contributed by atoms with Crippen molar-refractivity contribution in [2.24, 2.45) is 0 Å². The molecule has 0 aromatic heterocycles. The third-order valence-corrected chi connectivity index (χ3v) is 5.05. The number of cyclic esters (lactones) is 1. The number of carbonyl (C=O) groups excluding carboxylic acids is 2. The molecule has 3 heterocycles. The number of piperidine rings is 1. The Kier molecular flexibility index (Phi) is 4.26. The van der Waals surface area contributed by atoms with Crippen molar-refractivity contribution in [2.45, 2.75) is 25.4 Å². The number of benzene rings is 1. The molecule has 3 aliphatic heterocycles. The van der Waals surface area contributed by atoms with E-state index < -0.39 is 17.7 Å². The number of halogens is 2. The zero-order valence-electron chi connectivity index (χ0n) is 14.8. The molecule has 1 spiro atoms. The van der Waals surface area contributed by atoms with Crippen molar-refractivity contribution in [1.82, 2.24) is 5.32 Å². The van der Waals surface area contributed by atoms with Crippen molar-refractivity contribution in [2.75, 3.05) is 36.0 Å². The van der Waals surface area contributed by atoms with E-state index >= 15 is 0 Å². The van der Waals surface area contributed by atoms with E-state index in [4.69, 9.17) is 9.47 Å². The van der Waals surface area contributed by atoms with Gasteiger partial charge in [0.15, 0.2) is 11.6 Å². The number of nitrogens with one attached hydrogen (secondary N) is 1. The zero-order chi connectivity index (χ0) is 19.2. The molecule has 0 bridgehead atoms. The van der Waals surface area contributed by atoms with Crippen LogP contribution in [0.5, 0.6) is 0 Å². The number of hydrogen-bond acceptors (Lipinski definition) is 5. The van der Waals surface area contributed by atoms with Crippen molar-refractivity contribution in [3.05, 3.63) is 35.7 Å². The predicted molar refractivity (Wildman–Crippen MR) is 92.2 cm³/mol. The molecule has 2 amide bonds. The fraction of sp³-hybridized carbons (Fsp3) is 0.444. The summed E-state index contributed by atoms with van der Waals surface area (Å²) >= 11 is 0. The minimum atomic E-state index is -0.760. The summed E-state index contributed by atoms with van der Waals surface area (Å²) in [5.74, 6) is -1.60. The zero-order valence-corrected chi connectivity index (χ0v) is 14.8. The lowest BCUT2D eigenvalue weighted by atomic mass is 9.97. The van der Waals surface area contributed by atoms with E-state index in [1.54, 1.807) is 4.90 Å². The summed E-state index contributed by atoms with van der Waals surface area (Å²) in [5, 5.41) is 2.40. The highest BCUT2D eigenvalue weighted by atomic mass is 19.1. The van der Waals surface area contributed by atoms with Crippen LogP contribution in [0.3, 0.4) is 0 Å². The van der Waals surface area contributed by atoms with Crippen LogP contribution in [0.1, 0.15) is 19.8 Å². The Hall–Kier alpha value is -2.68. The van der Waals surface area contributed by atoms with Gasteiger partial charge in [-0.2, -0.15) is 0 Å². The number of hydrogen-bond donors (Lipinski definition) is 1. The molecule has 0 atom stereocenters. The first-order chi connectivity index (χ1) is 12.9. The normalized spacial score (nSPS) is 22.3. The predicted octanol–water partition coefficient (Wildman–Crippen LogP) is 2.27. The van der Waals surface area contributed by atoms with E-state index in [0.717, 1.165) is 36.5 Å². The van der Waals surface area contributed by atoms with Crippen LogP contribution in [0, 0.1) is 11.6 Å². The highest BCUT2D eigenvalue weighted by Crippen LogP contribution is 2.40. The first kappa shape index (κ1) is 17.7. The molecule has 3 fully saturated rings. The third kappa shape index (κ3) is 3.46. The molecule has 3 saturated heterocycles. The van der Waals surface area contributed by atoms with E-state index in [9.17, 15) is 18.4 Å². The molecule has 9 heteroatoms. The van der Waals surface area contributed by atoms with Crippen molar-refractivity contribution in [3.63, 3.8) is 0 Å². The maximum absolute atomic E-state index is 14.7. The maximum Gasteiger partial charge on any atom is 0.419 e. The van der Waals surface area contributed by atoms with Gasteiger partial charge in [0.25, 0.3) is 0 Å². The Morgan fingerprint density at radius 1 is 1.26 bits per heavy atom. The fourth-order valence-electron chi connectivity index (χ4n) is 3.41. The summed E-state index contributed by atoms with van der Waals surface area (Å²) in [7, 11) is 0. The molecule has 1 aromatic rings. The number of ether oxygens (including phenoxy) is 2. The molecule has 7 nitrogen and oxygen atoms in total. The van der Waals surface area contributed by atoms with Crippen LogP contribution in [0.25, 0.3) is 0 Å². The monoisotopic (exact) mass is 379 g/mol. The molecule has 1 aromatic carbocycles. The van der Waals surface area contributed by atoms with Gasteiger partial charge in [-0.05, 0) is 12.8 Å². The summed E-state index contributed by atoms with van der Waals surface area (Å²) < 4.78 is 39.8. The molecule has 1 N–H and O–H groups in total. The standard InChI is InChI=1S/C18H19F2N3O4/c1-11(24)21-8-13-9-23(17(25)27-13)12-6-14(19)16(15(20)7-12)22-4-2-18(3-5-22)10-26-18/h6-8H,2-5,9-10H2,1H3,(H,21,24)/b13-8-. The largest absolute Gasteiger partial charge is 0.419 e. The van der Waals surface area contributed by atoms with Gasteiger partial charge in [-0.25, -0.2) is 13.6 Å². The number of carbonyl (C=O) groups is 2. The first-order valence-corrected chi connectivity index (χ1v) is 8.70. The van der Waals surface area contributed by atoms with E-state index in [2.05, 4.69) is 5.32 Å². The van der Waals surface area contributed by atoms with Crippen molar-refractivity contribution in [3.8, 4) is 0 Å². The molecule has 27 heavy (non-hydrogen) atoms. The molecule has 144 valence electrons. The van der Waals surface area contributed by atoms with Gasteiger partial charge in [0.1, 0.15) is 11.4 Å². The van der Waals surface area contributed by atoms with Gasteiger partial charge in [-0.15, -0.1) is 0 Å².